The highest BCUT2D eigenvalue weighted by Crippen LogP contribution is 2.07. The van der Waals surface area contributed by atoms with Crippen LogP contribution in [0.3, 0.4) is 0 Å². The minimum Gasteiger partial charge on any atom is -0.394 e. The fraction of sp³-hybridized carbons (Fsp3) is 0.312. The molecule has 4 nitrogen and oxygen atoms in total. The molecule has 4 heteroatoms. The van der Waals surface area contributed by atoms with Gasteiger partial charge in [0.2, 0.25) is 0 Å². The van der Waals surface area contributed by atoms with Gasteiger partial charge in [0.05, 0.1) is 6.61 Å². The van der Waals surface area contributed by atoms with Gasteiger partial charge in [0.15, 0.2) is 0 Å². The third-order valence-electron chi connectivity index (χ3n) is 3.20. The van der Waals surface area contributed by atoms with Crippen molar-refractivity contribution in [2.24, 2.45) is 0 Å². The summed E-state index contributed by atoms with van der Waals surface area (Å²) in [6.07, 6.45) is 2.78. The number of hydrogen-bond donors (Lipinski definition) is 2. The molecule has 0 radical (unpaired) electrons. The van der Waals surface area contributed by atoms with Gasteiger partial charge in [0, 0.05) is 18.8 Å². The summed E-state index contributed by atoms with van der Waals surface area (Å²) < 4.78 is 1.94. The van der Waals surface area contributed by atoms with E-state index in [2.05, 4.69) is 17.4 Å². The van der Waals surface area contributed by atoms with Crippen molar-refractivity contribution >= 4 is 5.91 Å². The molecule has 2 rings (SSSR count). The van der Waals surface area contributed by atoms with Gasteiger partial charge in [-0.15, -0.1) is 0 Å². The van der Waals surface area contributed by atoms with E-state index >= 15 is 0 Å². The number of aryl methyl sites for hydroxylation is 2. The first-order valence-corrected chi connectivity index (χ1v) is 6.81. The Balaban J connectivity index is 2.00. The van der Waals surface area contributed by atoms with Crippen molar-refractivity contribution in [3.05, 3.63) is 59.9 Å². The Morgan fingerprint density at radius 1 is 1.25 bits per heavy atom. The Labute approximate surface area is 119 Å². The number of hydrogen-bond acceptors (Lipinski definition) is 2. The first-order valence-electron chi connectivity index (χ1n) is 6.81. The van der Waals surface area contributed by atoms with Crippen LogP contribution in [0.4, 0.5) is 0 Å². The third-order valence-corrected chi connectivity index (χ3v) is 3.20. The van der Waals surface area contributed by atoms with Gasteiger partial charge in [0.25, 0.3) is 5.91 Å². The van der Waals surface area contributed by atoms with Crippen molar-refractivity contribution in [3.63, 3.8) is 0 Å². The maximum Gasteiger partial charge on any atom is 0.268 e. The van der Waals surface area contributed by atoms with E-state index in [9.17, 15) is 4.79 Å². The first-order chi connectivity index (χ1) is 9.70. The average Bonchev–Trinajstić information content (AvgIpc) is 2.94. The van der Waals surface area contributed by atoms with E-state index < -0.39 is 0 Å². The smallest absolute Gasteiger partial charge is 0.268 e. The van der Waals surface area contributed by atoms with Gasteiger partial charge >= 0.3 is 0 Å². The van der Waals surface area contributed by atoms with Gasteiger partial charge in [0.1, 0.15) is 5.69 Å². The highest BCUT2D eigenvalue weighted by Gasteiger charge is 2.12. The van der Waals surface area contributed by atoms with Crippen LogP contribution < -0.4 is 5.32 Å². The predicted octanol–water partition coefficient (Wildman–Crippen LogP) is 1.84. The van der Waals surface area contributed by atoms with Crippen molar-refractivity contribution in [1.82, 2.24) is 9.88 Å². The van der Waals surface area contributed by atoms with E-state index in [4.69, 9.17) is 5.11 Å². The van der Waals surface area contributed by atoms with Gasteiger partial charge in [-0.2, -0.15) is 0 Å². The number of aromatic nitrogens is 1. The highest BCUT2D eigenvalue weighted by molar-refractivity contribution is 5.92. The van der Waals surface area contributed by atoms with Crippen LogP contribution in [0.1, 0.15) is 23.0 Å². The number of amides is 1. The number of carbonyl (C=O) groups is 1. The fourth-order valence-corrected chi connectivity index (χ4v) is 2.05. The zero-order valence-electron chi connectivity index (χ0n) is 11.6. The lowest BCUT2D eigenvalue weighted by Gasteiger charge is -2.13. The Morgan fingerprint density at radius 3 is 2.70 bits per heavy atom. The van der Waals surface area contributed by atoms with E-state index in [1.807, 2.05) is 35.0 Å². The lowest BCUT2D eigenvalue weighted by Crippen LogP contribution is -2.36. The first kappa shape index (κ1) is 14.3. The molecule has 20 heavy (non-hydrogen) atoms. The molecule has 0 spiro atoms. The van der Waals surface area contributed by atoms with Crippen LogP contribution in [0.25, 0.3) is 0 Å². The number of benzene rings is 1. The number of rotatable bonds is 6. The normalized spacial score (nSPS) is 12.1. The Hall–Kier alpha value is -2.07. The lowest BCUT2D eigenvalue weighted by molar-refractivity contribution is 0.0913. The maximum absolute atomic E-state index is 12.1. The molecular weight excluding hydrogens is 252 g/mol. The summed E-state index contributed by atoms with van der Waals surface area (Å²) in [7, 11) is 0. The summed E-state index contributed by atoms with van der Waals surface area (Å²) in [6, 6.07) is 13.6. The van der Waals surface area contributed by atoms with Crippen molar-refractivity contribution in [2.45, 2.75) is 25.9 Å². The number of aliphatic hydroxyl groups is 1. The Kier molecular flexibility index (Phi) is 4.96. The van der Waals surface area contributed by atoms with Crippen molar-refractivity contribution in [1.29, 1.82) is 0 Å². The second-order valence-electron chi connectivity index (χ2n) is 4.88. The van der Waals surface area contributed by atoms with E-state index in [0.29, 0.717) is 5.69 Å². The molecule has 1 atom stereocenters. The fourth-order valence-electron chi connectivity index (χ4n) is 2.05. The largest absolute Gasteiger partial charge is 0.394 e. The molecule has 0 saturated carbocycles. The van der Waals surface area contributed by atoms with Crippen molar-refractivity contribution < 1.29 is 9.90 Å². The number of carbonyl (C=O) groups excluding carboxylic acids is 1. The molecule has 1 aromatic carbocycles. The average molecular weight is 272 g/mol. The maximum atomic E-state index is 12.1. The molecule has 1 amide bonds. The molecule has 0 aliphatic carbocycles. The monoisotopic (exact) mass is 272 g/mol. The molecule has 0 bridgehead atoms. The minimum atomic E-state index is -0.236. The van der Waals surface area contributed by atoms with Crippen LogP contribution in [0.5, 0.6) is 0 Å². The van der Waals surface area contributed by atoms with Crippen molar-refractivity contribution in [2.75, 3.05) is 6.61 Å². The lowest BCUT2D eigenvalue weighted by atomic mass is 10.1. The Morgan fingerprint density at radius 2 is 2.00 bits per heavy atom. The molecule has 2 N–H and O–H groups in total. The highest BCUT2D eigenvalue weighted by atomic mass is 16.3. The second-order valence-corrected chi connectivity index (χ2v) is 4.88. The second kappa shape index (κ2) is 6.91. The molecule has 106 valence electrons. The number of nitrogens with zero attached hydrogens (tertiary/aromatic N) is 1. The van der Waals surface area contributed by atoms with Crippen LogP contribution in [0.15, 0.2) is 48.7 Å². The van der Waals surface area contributed by atoms with Crippen molar-refractivity contribution in [3.8, 4) is 0 Å². The summed E-state index contributed by atoms with van der Waals surface area (Å²) >= 11 is 0. The Bertz CT molecular complexity index is 549. The van der Waals surface area contributed by atoms with Gasteiger partial charge in [-0.1, -0.05) is 30.3 Å². The number of aliphatic hydroxyl groups excluding tert-OH is 1. The van der Waals surface area contributed by atoms with Crippen LogP contribution in [0, 0.1) is 0 Å². The van der Waals surface area contributed by atoms with Crippen LogP contribution in [-0.2, 0) is 13.0 Å². The van der Waals surface area contributed by atoms with Gasteiger partial charge < -0.3 is 15.0 Å². The zero-order valence-corrected chi connectivity index (χ0v) is 11.6. The molecule has 0 saturated heterocycles. The quantitative estimate of drug-likeness (QED) is 0.843. The van der Waals surface area contributed by atoms with E-state index in [0.717, 1.165) is 13.0 Å². The zero-order chi connectivity index (χ0) is 14.4. The van der Waals surface area contributed by atoms with Crippen LogP contribution in [0.2, 0.25) is 0 Å². The predicted molar refractivity (Wildman–Crippen MR) is 78.6 cm³/mol. The summed E-state index contributed by atoms with van der Waals surface area (Å²) in [4.78, 5) is 12.1. The van der Waals surface area contributed by atoms with Gasteiger partial charge in [-0.25, -0.2) is 0 Å². The molecule has 2 aromatic rings. The summed E-state index contributed by atoms with van der Waals surface area (Å²) in [5.41, 5.74) is 1.87. The molecule has 0 fully saturated rings. The summed E-state index contributed by atoms with van der Waals surface area (Å²) in [6.45, 7) is 2.47. The molecular formula is C16H20N2O2. The number of nitrogens with one attached hydrogen (secondary N) is 1. The van der Waals surface area contributed by atoms with E-state index in [-0.39, 0.29) is 18.6 Å². The molecule has 0 aliphatic heterocycles. The standard InChI is InChI=1S/C16H20N2O2/c1-13(12-19)17-16(20)15-8-5-10-18(15)11-9-14-6-3-2-4-7-14/h2-8,10,13,19H,9,11-12H2,1H3,(H,17,20). The molecule has 1 unspecified atom stereocenters. The van der Waals surface area contributed by atoms with E-state index in [1.165, 1.54) is 5.56 Å². The topological polar surface area (TPSA) is 54.3 Å². The summed E-state index contributed by atoms with van der Waals surface area (Å²) in [5.74, 6) is -0.149. The third kappa shape index (κ3) is 3.71. The van der Waals surface area contributed by atoms with E-state index in [1.54, 1.807) is 13.0 Å². The SMILES string of the molecule is CC(CO)NC(=O)c1cccn1CCc1ccccc1. The van der Waals surface area contributed by atoms with Crippen LogP contribution >= 0.6 is 0 Å². The summed E-state index contributed by atoms with van der Waals surface area (Å²) in [5, 5.41) is 11.7. The minimum absolute atomic E-state index is 0.0591. The van der Waals surface area contributed by atoms with Gasteiger partial charge in [-0.3, -0.25) is 4.79 Å². The molecule has 1 heterocycles. The van der Waals surface area contributed by atoms with Crippen LogP contribution in [-0.4, -0.2) is 28.2 Å². The molecule has 0 aliphatic rings. The molecule has 1 aromatic heterocycles. The van der Waals surface area contributed by atoms with Gasteiger partial charge in [-0.05, 0) is 31.0 Å².